The van der Waals surface area contributed by atoms with Crippen LogP contribution in [0.1, 0.15) is 39.0 Å². The van der Waals surface area contributed by atoms with Crippen molar-refractivity contribution in [2.75, 3.05) is 5.33 Å². The highest BCUT2D eigenvalue weighted by Crippen LogP contribution is 2.31. The van der Waals surface area contributed by atoms with Gasteiger partial charge in [0.15, 0.2) is 0 Å². The lowest BCUT2D eigenvalue weighted by molar-refractivity contribution is 0.288. The van der Waals surface area contributed by atoms with Crippen LogP contribution in [0.25, 0.3) is 0 Å². The summed E-state index contributed by atoms with van der Waals surface area (Å²) in [6.07, 6.45) is 7.28. The van der Waals surface area contributed by atoms with Gasteiger partial charge in [-0.25, -0.2) is 0 Å². The van der Waals surface area contributed by atoms with Crippen molar-refractivity contribution >= 4 is 15.9 Å². The summed E-state index contributed by atoms with van der Waals surface area (Å²) in [6, 6.07) is 0. The summed E-state index contributed by atoms with van der Waals surface area (Å²) >= 11 is 3.55. The maximum absolute atomic E-state index is 3.55. The highest BCUT2D eigenvalue weighted by Gasteiger charge is 2.18. The zero-order valence-corrected chi connectivity index (χ0v) is 8.36. The van der Waals surface area contributed by atoms with Crippen LogP contribution >= 0.6 is 15.9 Å². The van der Waals surface area contributed by atoms with Crippen LogP contribution in [0.3, 0.4) is 0 Å². The van der Waals surface area contributed by atoms with Gasteiger partial charge in [0.25, 0.3) is 0 Å². The fraction of sp³-hybridized carbons (Fsp3) is 1.00. The largest absolute Gasteiger partial charge is 0.0925 e. The molecular formula is C9H17Br. The molecule has 0 aromatic heterocycles. The molecule has 0 nitrogen and oxygen atoms in total. The molecule has 0 aromatic carbocycles. The molecular weight excluding hydrogens is 188 g/mol. The average Bonchev–Trinajstić information content (AvgIpc) is 2.05. The first-order chi connectivity index (χ1) is 4.86. The van der Waals surface area contributed by atoms with Crippen LogP contribution in [0.15, 0.2) is 0 Å². The summed E-state index contributed by atoms with van der Waals surface area (Å²) in [6.45, 7) is 2.32. The monoisotopic (exact) mass is 204 g/mol. The molecule has 0 unspecified atom stereocenters. The fourth-order valence-corrected chi connectivity index (χ4v) is 2.44. The van der Waals surface area contributed by atoms with Gasteiger partial charge in [-0.15, -0.1) is 0 Å². The first kappa shape index (κ1) is 8.58. The first-order valence-electron chi connectivity index (χ1n) is 4.42. The third-order valence-electron chi connectivity index (χ3n) is 2.76. The van der Waals surface area contributed by atoms with E-state index in [9.17, 15) is 0 Å². The van der Waals surface area contributed by atoms with Crippen molar-refractivity contribution in [2.45, 2.75) is 39.0 Å². The molecule has 0 aromatic rings. The normalized spacial score (nSPS) is 34.2. The molecule has 1 heteroatoms. The van der Waals surface area contributed by atoms with Gasteiger partial charge in [0, 0.05) is 5.33 Å². The summed E-state index contributed by atoms with van der Waals surface area (Å²) < 4.78 is 0. The molecule has 0 bridgehead atoms. The number of rotatable bonds is 2. The van der Waals surface area contributed by atoms with E-state index in [1.165, 1.54) is 37.4 Å². The maximum Gasteiger partial charge on any atom is 0.00596 e. The van der Waals surface area contributed by atoms with Gasteiger partial charge in [-0.1, -0.05) is 42.1 Å². The Balaban J connectivity index is 2.17. The van der Waals surface area contributed by atoms with E-state index in [2.05, 4.69) is 22.9 Å². The SMILES string of the molecule is CCC1CCC(CBr)CC1. The second-order valence-electron chi connectivity index (χ2n) is 3.45. The molecule has 1 rings (SSSR count). The summed E-state index contributed by atoms with van der Waals surface area (Å²) in [4.78, 5) is 0. The van der Waals surface area contributed by atoms with E-state index in [4.69, 9.17) is 0 Å². The van der Waals surface area contributed by atoms with Gasteiger partial charge >= 0.3 is 0 Å². The fourth-order valence-electron chi connectivity index (χ4n) is 1.79. The summed E-state index contributed by atoms with van der Waals surface area (Å²) in [5.74, 6) is 2.04. The van der Waals surface area contributed by atoms with Gasteiger partial charge in [0.2, 0.25) is 0 Å². The number of alkyl halides is 1. The average molecular weight is 205 g/mol. The van der Waals surface area contributed by atoms with E-state index in [-0.39, 0.29) is 0 Å². The molecule has 0 amide bonds. The smallest absolute Gasteiger partial charge is 0.00596 e. The molecule has 0 N–H and O–H groups in total. The van der Waals surface area contributed by atoms with Crippen LogP contribution in [0.4, 0.5) is 0 Å². The lowest BCUT2D eigenvalue weighted by Gasteiger charge is -2.26. The van der Waals surface area contributed by atoms with Crippen LogP contribution < -0.4 is 0 Å². The Morgan fingerprint density at radius 2 is 1.60 bits per heavy atom. The Bertz CT molecular complexity index is 70.7. The van der Waals surface area contributed by atoms with E-state index in [0.717, 1.165) is 11.8 Å². The molecule has 0 aliphatic heterocycles. The van der Waals surface area contributed by atoms with Gasteiger partial charge in [-0.3, -0.25) is 0 Å². The minimum Gasteiger partial charge on any atom is -0.0925 e. The lowest BCUT2D eigenvalue weighted by atomic mass is 9.82. The second-order valence-corrected chi connectivity index (χ2v) is 4.10. The van der Waals surface area contributed by atoms with E-state index >= 15 is 0 Å². The molecule has 0 saturated heterocycles. The van der Waals surface area contributed by atoms with Crippen LogP contribution in [-0.4, -0.2) is 5.33 Å². The van der Waals surface area contributed by atoms with Gasteiger partial charge < -0.3 is 0 Å². The molecule has 1 saturated carbocycles. The van der Waals surface area contributed by atoms with Crippen LogP contribution in [0.5, 0.6) is 0 Å². The molecule has 0 heterocycles. The van der Waals surface area contributed by atoms with Crippen LogP contribution in [-0.2, 0) is 0 Å². The Morgan fingerprint density at radius 3 is 2.00 bits per heavy atom. The van der Waals surface area contributed by atoms with Gasteiger partial charge in [0.1, 0.15) is 0 Å². The summed E-state index contributed by atoms with van der Waals surface area (Å²) in [7, 11) is 0. The number of hydrogen-bond donors (Lipinski definition) is 0. The highest BCUT2D eigenvalue weighted by atomic mass is 79.9. The zero-order valence-electron chi connectivity index (χ0n) is 6.78. The molecule has 1 fully saturated rings. The van der Waals surface area contributed by atoms with E-state index < -0.39 is 0 Å². The standard InChI is InChI=1S/C9H17Br/c1-2-8-3-5-9(7-10)6-4-8/h8-9H,2-7H2,1H3. The van der Waals surface area contributed by atoms with Crippen molar-refractivity contribution in [3.63, 3.8) is 0 Å². The van der Waals surface area contributed by atoms with Crippen molar-refractivity contribution in [3.05, 3.63) is 0 Å². The molecule has 1 aliphatic carbocycles. The van der Waals surface area contributed by atoms with E-state index in [1.54, 1.807) is 0 Å². The minimum atomic E-state index is 0.989. The quantitative estimate of drug-likeness (QED) is 0.604. The predicted molar refractivity (Wildman–Crippen MR) is 49.5 cm³/mol. The summed E-state index contributed by atoms with van der Waals surface area (Å²) in [5.41, 5.74) is 0. The lowest BCUT2D eigenvalue weighted by Crippen LogP contribution is -2.14. The number of halogens is 1. The molecule has 1 aliphatic rings. The third kappa shape index (κ3) is 2.26. The molecule has 0 spiro atoms. The topological polar surface area (TPSA) is 0 Å². The summed E-state index contributed by atoms with van der Waals surface area (Å²) in [5, 5.41) is 1.23. The molecule has 10 heavy (non-hydrogen) atoms. The van der Waals surface area contributed by atoms with Crippen LogP contribution in [0.2, 0.25) is 0 Å². The molecule has 0 atom stereocenters. The number of hydrogen-bond acceptors (Lipinski definition) is 0. The van der Waals surface area contributed by atoms with Gasteiger partial charge in [0.05, 0.1) is 0 Å². The molecule has 0 radical (unpaired) electrons. The Labute approximate surface area is 72.5 Å². The van der Waals surface area contributed by atoms with Crippen molar-refractivity contribution in [3.8, 4) is 0 Å². The van der Waals surface area contributed by atoms with E-state index in [0.29, 0.717) is 0 Å². The Morgan fingerprint density at radius 1 is 1.10 bits per heavy atom. The van der Waals surface area contributed by atoms with Gasteiger partial charge in [-0.05, 0) is 24.7 Å². The van der Waals surface area contributed by atoms with Crippen molar-refractivity contribution < 1.29 is 0 Å². The van der Waals surface area contributed by atoms with Crippen molar-refractivity contribution in [2.24, 2.45) is 11.8 Å². The second kappa shape index (κ2) is 4.38. The predicted octanol–water partition coefficient (Wildman–Crippen LogP) is 3.60. The maximum atomic E-state index is 3.55. The van der Waals surface area contributed by atoms with Crippen LogP contribution in [0, 0.1) is 11.8 Å². The van der Waals surface area contributed by atoms with Crippen molar-refractivity contribution in [1.29, 1.82) is 0 Å². The van der Waals surface area contributed by atoms with Crippen molar-refractivity contribution in [1.82, 2.24) is 0 Å². The molecule has 60 valence electrons. The highest BCUT2D eigenvalue weighted by molar-refractivity contribution is 9.09. The third-order valence-corrected chi connectivity index (χ3v) is 3.68. The zero-order chi connectivity index (χ0) is 7.40. The Hall–Kier alpha value is 0.480. The van der Waals surface area contributed by atoms with E-state index in [1.807, 2.05) is 0 Å². The first-order valence-corrected chi connectivity index (χ1v) is 5.55. The van der Waals surface area contributed by atoms with Gasteiger partial charge in [-0.2, -0.15) is 0 Å². The Kier molecular flexibility index (Phi) is 3.75. The minimum absolute atomic E-state index is 0.989.